The molecule has 88 valence electrons. The molecule has 0 fully saturated rings. The maximum Gasteiger partial charge on any atom is 0.356 e. The molecule has 0 bridgehead atoms. The Morgan fingerprint density at radius 2 is 2.24 bits per heavy atom. The van der Waals surface area contributed by atoms with Crippen molar-refractivity contribution < 1.29 is 13.9 Å². The number of ether oxygens (including phenoxy) is 1. The predicted molar refractivity (Wildman–Crippen MR) is 60.1 cm³/mol. The van der Waals surface area contributed by atoms with Gasteiger partial charge in [-0.2, -0.15) is 0 Å². The molecule has 1 aromatic carbocycles. The lowest BCUT2D eigenvalue weighted by molar-refractivity contribution is 0.0595. The highest BCUT2D eigenvalue weighted by Gasteiger charge is 2.12. The molecule has 0 saturated heterocycles. The highest BCUT2D eigenvalue weighted by Crippen LogP contribution is 2.21. The van der Waals surface area contributed by atoms with Crippen molar-refractivity contribution in [3.05, 3.63) is 41.5 Å². The van der Waals surface area contributed by atoms with Crippen LogP contribution in [-0.2, 0) is 4.74 Å². The van der Waals surface area contributed by atoms with E-state index in [0.29, 0.717) is 11.4 Å². The largest absolute Gasteiger partial charge is 0.464 e. The van der Waals surface area contributed by atoms with Crippen LogP contribution in [0, 0.1) is 12.7 Å². The molecule has 1 heterocycles. The SMILES string of the molecule is COC(=O)c1cnc(-c2cc(F)ccc2C)[nH]1. The van der Waals surface area contributed by atoms with Gasteiger partial charge >= 0.3 is 5.97 Å². The van der Waals surface area contributed by atoms with E-state index in [9.17, 15) is 9.18 Å². The van der Waals surface area contributed by atoms with Gasteiger partial charge < -0.3 is 9.72 Å². The summed E-state index contributed by atoms with van der Waals surface area (Å²) in [5.74, 6) is -0.401. The second-order valence-corrected chi connectivity index (χ2v) is 3.60. The predicted octanol–water partition coefficient (Wildman–Crippen LogP) is 2.31. The lowest BCUT2D eigenvalue weighted by Crippen LogP contribution is -2.01. The molecule has 0 aliphatic carbocycles. The number of H-pyrrole nitrogens is 1. The van der Waals surface area contributed by atoms with Crippen LogP contribution in [-0.4, -0.2) is 23.0 Å². The standard InChI is InChI=1S/C12H11FN2O2/c1-7-3-4-8(13)5-9(7)11-14-6-10(15-11)12(16)17-2/h3-6H,1-2H3,(H,14,15). The van der Waals surface area contributed by atoms with Gasteiger partial charge in [-0.25, -0.2) is 14.2 Å². The number of carbonyl (C=O) groups is 1. The Kier molecular flexibility index (Phi) is 2.91. The number of aryl methyl sites for hydroxylation is 1. The van der Waals surface area contributed by atoms with Crippen LogP contribution >= 0.6 is 0 Å². The fourth-order valence-electron chi connectivity index (χ4n) is 1.52. The van der Waals surface area contributed by atoms with Crippen molar-refractivity contribution in [3.63, 3.8) is 0 Å². The fraction of sp³-hybridized carbons (Fsp3) is 0.167. The summed E-state index contributed by atoms with van der Waals surface area (Å²) in [6.45, 7) is 1.84. The number of halogens is 1. The lowest BCUT2D eigenvalue weighted by Gasteiger charge is -2.02. The Morgan fingerprint density at radius 3 is 2.94 bits per heavy atom. The van der Waals surface area contributed by atoms with Crippen LogP contribution in [0.15, 0.2) is 24.4 Å². The van der Waals surface area contributed by atoms with Crippen molar-refractivity contribution in [2.45, 2.75) is 6.92 Å². The van der Waals surface area contributed by atoms with Gasteiger partial charge in [0.1, 0.15) is 17.3 Å². The molecule has 2 rings (SSSR count). The highest BCUT2D eigenvalue weighted by atomic mass is 19.1. The van der Waals surface area contributed by atoms with E-state index in [4.69, 9.17) is 0 Å². The first-order valence-corrected chi connectivity index (χ1v) is 5.01. The quantitative estimate of drug-likeness (QED) is 0.811. The Balaban J connectivity index is 2.43. The van der Waals surface area contributed by atoms with Crippen LogP contribution in [0.3, 0.4) is 0 Å². The first-order valence-electron chi connectivity index (χ1n) is 5.01. The zero-order chi connectivity index (χ0) is 12.4. The molecule has 0 aliphatic heterocycles. The molecule has 0 unspecified atom stereocenters. The highest BCUT2D eigenvalue weighted by molar-refractivity contribution is 5.87. The number of imidazole rings is 1. The maximum atomic E-state index is 13.1. The van der Waals surface area contributed by atoms with Gasteiger partial charge in [-0.3, -0.25) is 0 Å². The first-order chi connectivity index (χ1) is 8.11. The summed E-state index contributed by atoms with van der Waals surface area (Å²) in [6, 6.07) is 4.41. The minimum absolute atomic E-state index is 0.242. The van der Waals surface area contributed by atoms with Crippen molar-refractivity contribution in [2.75, 3.05) is 7.11 Å². The third-order valence-electron chi connectivity index (χ3n) is 2.44. The minimum atomic E-state index is -0.502. The number of esters is 1. The van der Waals surface area contributed by atoms with E-state index in [2.05, 4.69) is 14.7 Å². The summed E-state index contributed by atoms with van der Waals surface area (Å²) in [5.41, 5.74) is 1.74. The van der Waals surface area contributed by atoms with Gasteiger partial charge in [0.25, 0.3) is 0 Å². The van der Waals surface area contributed by atoms with Crippen LogP contribution in [0.5, 0.6) is 0 Å². The van der Waals surface area contributed by atoms with E-state index in [1.165, 1.54) is 25.4 Å². The van der Waals surface area contributed by atoms with Crippen molar-refractivity contribution in [2.24, 2.45) is 0 Å². The van der Waals surface area contributed by atoms with Gasteiger partial charge in [-0.1, -0.05) is 6.07 Å². The van der Waals surface area contributed by atoms with E-state index < -0.39 is 5.97 Å². The number of hydrogen-bond acceptors (Lipinski definition) is 3. The van der Waals surface area contributed by atoms with Crippen LogP contribution in [0.1, 0.15) is 16.1 Å². The molecule has 4 nitrogen and oxygen atoms in total. The summed E-state index contributed by atoms with van der Waals surface area (Å²) < 4.78 is 17.7. The normalized spacial score (nSPS) is 10.3. The van der Waals surface area contributed by atoms with E-state index in [1.54, 1.807) is 6.07 Å². The van der Waals surface area contributed by atoms with Gasteiger partial charge in [-0.15, -0.1) is 0 Å². The number of aromatic amines is 1. The average molecular weight is 234 g/mol. The molecule has 0 radical (unpaired) electrons. The Hall–Kier alpha value is -2.17. The van der Waals surface area contributed by atoms with Crippen molar-refractivity contribution in [3.8, 4) is 11.4 Å². The molecule has 5 heteroatoms. The Labute approximate surface area is 97.5 Å². The van der Waals surface area contributed by atoms with Gasteiger partial charge in [0, 0.05) is 5.56 Å². The van der Waals surface area contributed by atoms with Crippen molar-refractivity contribution >= 4 is 5.97 Å². The summed E-state index contributed by atoms with van der Waals surface area (Å²) in [5, 5.41) is 0. The molecule has 2 aromatic rings. The molecule has 17 heavy (non-hydrogen) atoms. The Bertz CT molecular complexity index is 563. The number of rotatable bonds is 2. The van der Waals surface area contributed by atoms with Gasteiger partial charge in [0.15, 0.2) is 0 Å². The monoisotopic (exact) mass is 234 g/mol. The maximum absolute atomic E-state index is 13.1. The minimum Gasteiger partial charge on any atom is -0.464 e. The van der Waals surface area contributed by atoms with Crippen LogP contribution in [0.4, 0.5) is 4.39 Å². The molecule has 0 amide bonds. The second-order valence-electron chi connectivity index (χ2n) is 3.60. The van der Waals surface area contributed by atoms with Gasteiger partial charge in [0.2, 0.25) is 0 Å². The molecule has 0 spiro atoms. The van der Waals surface area contributed by atoms with Crippen molar-refractivity contribution in [1.82, 2.24) is 9.97 Å². The second kappa shape index (κ2) is 4.37. The van der Waals surface area contributed by atoms with Gasteiger partial charge in [0.05, 0.1) is 13.3 Å². The van der Waals surface area contributed by atoms with Crippen LogP contribution < -0.4 is 0 Å². The molecule has 0 atom stereocenters. The molecular weight excluding hydrogens is 223 g/mol. The fourth-order valence-corrected chi connectivity index (χ4v) is 1.52. The van der Waals surface area contributed by atoms with Crippen LogP contribution in [0.25, 0.3) is 11.4 Å². The summed E-state index contributed by atoms with van der Waals surface area (Å²) in [4.78, 5) is 18.1. The number of benzene rings is 1. The van der Waals surface area contributed by atoms with E-state index in [1.807, 2.05) is 6.92 Å². The van der Waals surface area contributed by atoms with Crippen molar-refractivity contribution in [1.29, 1.82) is 0 Å². The zero-order valence-corrected chi connectivity index (χ0v) is 9.45. The number of nitrogens with one attached hydrogen (secondary N) is 1. The number of methoxy groups -OCH3 is 1. The third kappa shape index (κ3) is 2.18. The molecule has 1 aromatic heterocycles. The number of nitrogens with zero attached hydrogens (tertiary/aromatic N) is 1. The lowest BCUT2D eigenvalue weighted by atomic mass is 10.1. The summed E-state index contributed by atoms with van der Waals surface area (Å²) in [6.07, 6.45) is 1.37. The number of hydrogen-bond donors (Lipinski definition) is 1. The van der Waals surface area contributed by atoms with E-state index in [-0.39, 0.29) is 11.5 Å². The number of aromatic nitrogens is 2. The summed E-state index contributed by atoms with van der Waals surface area (Å²) in [7, 11) is 1.29. The number of carbonyl (C=O) groups excluding carboxylic acids is 1. The smallest absolute Gasteiger partial charge is 0.356 e. The average Bonchev–Trinajstić information content (AvgIpc) is 2.80. The zero-order valence-electron chi connectivity index (χ0n) is 9.45. The molecule has 0 aliphatic rings. The van der Waals surface area contributed by atoms with Gasteiger partial charge in [-0.05, 0) is 24.6 Å². The molecule has 1 N–H and O–H groups in total. The Morgan fingerprint density at radius 1 is 1.47 bits per heavy atom. The van der Waals surface area contributed by atoms with E-state index >= 15 is 0 Å². The van der Waals surface area contributed by atoms with Crippen LogP contribution in [0.2, 0.25) is 0 Å². The summed E-state index contributed by atoms with van der Waals surface area (Å²) >= 11 is 0. The molecule has 0 saturated carbocycles. The third-order valence-corrected chi connectivity index (χ3v) is 2.44. The topological polar surface area (TPSA) is 55.0 Å². The molecular formula is C12H11FN2O2. The first kappa shape index (κ1) is 11.3. The van der Waals surface area contributed by atoms with E-state index in [0.717, 1.165) is 5.56 Å².